The normalized spacial score (nSPS) is 16.8. The van der Waals surface area contributed by atoms with Crippen molar-refractivity contribution < 1.29 is 4.74 Å². The second kappa shape index (κ2) is 4.37. The zero-order valence-corrected chi connectivity index (χ0v) is 10.5. The summed E-state index contributed by atoms with van der Waals surface area (Å²) in [5, 5.41) is 0. The van der Waals surface area contributed by atoms with Gasteiger partial charge in [0.1, 0.15) is 5.75 Å². The molecule has 0 bridgehead atoms. The van der Waals surface area contributed by atoms with Crippen LogP contribution in [-0.2, 0) is 6.42 Å². The number of anilines is 1. The summed E-state index contributed by atoms with van der Waals surface area (Å²) in [6.45, 7) is 2.78. The molecular weight excluding hydrogens is 222 g/mol. The van der Waals surface area contributed by atoms with Crippen LogP contribution in [0, 0.1) is 6.92 Å². The van der Waals surface area contributed by atoms with Gasteiger partial charge in [0.05, 0.1) is 6.61 Å². The fourth-order valence-electron chi connectivity index (χ4n) is 2.47. The van der Waals surface area contributed by atoms with E-state index in [1.165, 1.54) is 11.1 Å². The van der Waals surface area contributed by atoms with Gasteiger partial charge in [0, 0.05) is 17.7 Å². The van der Waals surface area contributed by atoms with E-state index in [4.69, 9.17) is 10.5 Å². The summed E-state index contributed by atoms with van der Waals surface area (Å²) in [5.41, 5.74) is 10.6. The highest BCUT2D eigenvalue weighted by Crippen LogP contribution is 2.35. The van der Waals surface area contributed by atoms with Crippen molar-refractivity contribution in [3.8, 4) is 5.75 Å². The Morgan fingerprint density at radius 1 is 1.22 bits per heavy atom. The summed E-state index contributed by atoms with van der Waals surface area (Å²) in [6.07, 6.45) is 1.12. The highest BCUT2D eigenvalue weighted by Gasteiger charge is 2.25. The molecule has 1 aliphatic rings. The third kappa shape index (κ3) is 1.94. The Morgan fingerprint density at radius 3 is 2.89 bits per heavy atom. The molecule has 0 fully saturated rings. The topological polar surface area (TPSA) is 35.2 Å². The minimum absolute atomic E-state index is 0.530. The minimum Gasteiger partial charge on any atom is -0.493 e. The summed E-state index contributed by atoms with van der Waals surface area (Å²) >= 11 is 0. The molecule has 2 nitrogen and oxygen atoms in total. The second-order valence-electron chi connectivity index (χ2n) is 4.94. The van der Waals surface area contributed by atoms with Crippen LogP contribution in [0.15, 0.2) is 42.5 Å². The minimum atomic E-state index is 0.530. The lowest BCUT2D eigenvalue weighted by Gasteiger charge is -2.30. The van der Waals surface area contributed by atoms with Gasteiger partial charge >= 0.3 is 0 Å². The molecule has 0 saturated carbocycles. The molecule has 0 spiro atoms. The third-order valence-corrected chi connectivity index (χ3v) is 3.61. The van der Waals surface area contributed by atoms with Gasteiger partial charge in [0.25, 0.3) is 0 Å². The molecule has 1 unspecified atom stereocenters. The van der Waals surface area contributed by atoms with Crippen LogP contribution in [0.25, 0.3) is 0 Å². The Hall–Kier alpha value is -1.96. The molecule has 2 heteroatoms. The zero-order valence-electron chi connectivity index (χ0n) is 10.5. The largest absolute Gasteiger partial charge is 0.493 e. The van der Waals surface area contributed by atoms with E-state index in [2.05, 4.69) is 24.3 Å². The molecule has 2 aromatic rings. The van der Waals surface area contributed by atoms with Crippen LogP contribution >= 0.6 is 0 Å². The van der Waals surface area contributed by atoms with Crippen molar-refractivity contribution in [3.63, 3.8) is 0 Å². The van der Waals surface area contributed by atoms with Gasteiger partial charge < -0.3 is 10.5 Å². The van der Waals surface area contributed by atoms with E-state index in [-0.39, 0.29) is 0 Å². The van der Waals surface area contributed by atoms with Gasteiger partial charge in [-0.3, -0.25) is 0 Å². The molecule has 0 aliphatic heterocycles. The van der Waals surface area contributed by atoms with E-state index < -0.39 is 0 Å². The summed E-state index contributed by atoms with van der Waals surface area (Å²) < 4.78 is 5.90. The van der Waals surface area contributed by atoms with E-state index in [9.17, 15) is 0 Å². The van der Waals surface area contributed by atoms with E-state index >= 15 is 0 Å². The standard InChI is InChI=1S/C16H17NO/c1-11-6-7-14(17)9-16(11)18-10-13-8-12-4-2-3-5-15(12)13/h2-7,9,13H,8,10,17H2,1H3. The fourth-order valence-corrected chi connectivity index (χ4v) is 2.47. The molecule has 0 saturated heterocycles. The molecular formula is C16H17NO. The predicted octanol–water partition coefficient (Wildman–Crippen LogP) is 3.30. The molecule has 0 radical (unpaired) electrons. The molecule has 0 heterocycles. The van der Waals surface area contributed by atoms with Gasteiger partial charge in [-0.2, -0.15) is 0 Å². The number of ether oxygens (including phenoxy) is 1. The number of nitrogens with two attached hydrogens (primary N) is 1. The SMILES string of the molecule is Cc1ccc(N)cc1OCC1Cc2ccccc21. The van der Waals surface area contributed by atoms with Crippen molar-refractivity contribution in [2.24, 2.45) is 0 Å². The third-order valence-electron chi connectivity index (χ3n) is 3.61. The van der Waals surface area contributed by atoms with E-state index in [1.54, 1.807) is 0 Å². The number of aryl methyl sites for hydroxylation is 1. The van der Waals surface area contributed by atoms with E-state index in [0.29, 0.717) is 5.92 Å². The Balaban J connectivity index is 1.68. The Morgan fingerprint density at radius 2 is 2.06 bits per heavy atom. The number of rotatable bonds is 3. The van der Waals surface area contributed by atoms with Crippen LogP contribution in [0.3, 0.4) is 0 Å². The zero-order chi connectivity index (χ0) is 12.5. The first-order valence-corrected chi connectivity index (χ1v) is 6.31. The molecule has 18 heavy (non-hydrogen) atoms. The van der Waals surface area contributed by atoms with Crippen molar-refractivity contribution in [3.05, 3.63) is 59.2 Å². The van der Waals surface area contributed by atoms with E-state index in [1.807, 2.05) is 25.1 Å². The van der Waals surface area contributed by atoms with Crippen LogP contribution in [0.1, 0.15) is 22.6 Å². The quantitative estimate of drug-likeness (QED) is 0.834. The number of fused-ring (bicyclic) bond motifs is 1. The first-order chi connectivity index (χ1) is 8.74. The molecule has 0 aromatic heterocycles. The molecule has 92 valence electrons. The highest BCUT2D eigenvalue weighted by molar-refractivity contribution is 5.48. The molecule has 1 atom stereocenters. The van der Waals surface area contributed by atoms with Crippen LogP contribution in [0.4, 0.5) is 5.69 Å². The highest BCUT2D eigenvalue weighted by atomic mass is 16.5. The van der Waals surface area contributed by atoms with Crippen LogP contribution in [0.2, 0.25) is 0 Å². The molecule has 2 N–H and O–H groups in total. The average Bonchev–Trinajstić information content (AvgIpc) is 2.34. The van der Waals surface area contributed by atoms with Crippen molar-refractivity contribution in [1.82, 2.24) is 0 Å². The van der Waals surface area contributed by atoms with Crippen LogP contribution in [-0.4, -0.2) is 6.61 Å². The Labute approximate surface area is 107 Å². The van der Waals surface area contributed by atoms with Gasteiger partial charge in [-0.05, 0) is 36.1 Å². The summed E-state index contributed by atoms with van der Waals surface area (Å²) in [5.74, 6) is 1.43. The average molecular weight is 239 g/mol. The lowest BCUT2D eigenvalue weighted by Crippen LogP contribution is -2.23. The predicted molar refractivity (Wildman–Crippen MR) is 74.0 cm³/mol. The summed E-state index contributed by atoms with van der Waals surface area (Å²) in [7, 11) is 0. The van der Waals surface area contributed by atoms with Crippen molar-refractivity contribution >= 4 is 5.69 Å². The van der Waals surface area contributed by atoms with Crippen LogP contribution < -0.4 is 10.5 Å². The lowest BCUT2D eigenvalue weighted by atomic mass is 9.78. The molecule has 1 aliphatic carbocycles. The fraction of sp³-hybridized carbons (Fsp3) is 0.250. The van der Waals surface area contributed by atoms with Gasteiger partial charge in [-0.15, -0.1) is 0 Å². The first kappa shape index (κ1) is 11.1. The maximum absolute atomic E-state index is 5.90. The summed E-state index contributed by atoms with van der Waals surface area (Å²) in [4.78, 5) is 0. The maximum atomic E-state index is 5.90. The van der Waals surface area contributed by atoms with Crippen molar-refractivity contribution in [2.75, 3.05) is 12.3 Å². The van der Waals surface area contributed by atoms with Crippen molar-refractivity contribution in [1.29, 1.82) is 0 Å². The summed E-state index contributed by atoms with van der Waals surface area (Å²) in [6, 6.07) is 14.4. The first-order valence-electron chi connectivity index (χ1n) is 6.31. The second-order valence-corrected chi connectivity index (χ2v) is 4.94. The van der Waals surface area contributed by atoms with Gasteiger partial charge in [-0.1, -0.05) is 30.3 Å². The van der Waals surface area contributed by atoms with Crippen LogP contribution in [0.5, 0.6) is 5.75 Å². The molecule has 2 aromatic carbocycles. The number of nitrogen functional groups attached to an aromatic ring is 1. The number of hydrogen-bond acceptors (Lipinski definition) is 2. The lowest BCUT2D eigenvalue weighted by molar-refractivity contribution is 0.274. The van der Waals surface area contributed by atoms with Gasteiger partial charge in [-0.25, -0.2) is 0 Å². The smallest absolute Gasteiger partial charge is 0.124 e. The monoisotopic (exact) mass is 239 g/mol. The molecule has 3 rings (SSSR count). The van der Waals surface area contributed by atoms with E-state index in [0.717, 1.165) is 30.0 Å². The Kier molecular flexibility index (Phi) is 2.71. The van der Waals surface area contributed by atoms with Crippen molar-refractivity contribution in [2.45, 2.75) is 19.3 Å². The number of hydrogen-bond donors (Lipinski definition) is 1. The molecule has 0 amide bonds. The Bertz CT molecular complexity index is 577. The maximum Gasteiger partial charge on any atom is 0.124 e. The number of benzene rings is 2. The van der Waals surface area contributed by atoms with Gasteiger partial charge in [0.15, 0.2) is 0 Å². The van der Waals surface area contributed by atoms with Gasteiger partial charge in [0.2, 0.25) is 0 Å².